The highest BCUT2D eigenvalue weighted by atomic mass is 32.2. The minimum atomic E-state index is -0.952. The Kier molecular flexibility index (Phi) is 5.01. The van der Waals surface area contributed by atoms with E-state index >= 15 is 0 Å². The zero-order valence-corrected chi connectivity index (χ0v) is 12.4. The highest BCUT2D eigenvalue weighted by molar-refractivity contribution is 7.98. The molecule has 0 aliphatic carbocycles. The molecule has 0 saturated carbocycles. The van der Waals surface area contributed by atoms with Crippen LogP contribution in [0.1, 0.15) is 16.7 Å². The van der Waals surface area contributed by atoms with Crippen LogP contribution in [0.5, 0.6) is 5.75 Å². The topological polar surface area (TPSA) is 72.6 Å². The second kappa shape index (κ2) is 6.54. The summed E-state index contributed by atoms with van der Waals surface area (Å²) < 4.78 is 5.72. The van der Waals surface area contributed by atoms with Crippen molar-refractivity contribution in [3.63, 3.8) is 0 Å². The zero-order valence-electron chi connectivity index (χ0n) is 10.7. The number of ether oxygens (including phenoxy) is 1. The average molecular weight is 299 g/mol. The van der Waals surface area contributed by atoms with Crippen LogP contribution in [-0.2, 0) is 16.3 Å². The van der Waals surface area contributed by atoms with E-state index in [1.54, 1.807) is 11.8 Å². The van der Waals surface area contributed by atoms with Gasteiger partial charge in [0.1, 0.15) is 17.7 Å². The molecule has 1 aromatic rings. The molecule has 0 saturated heterocycles. The summed E-state index contributed by atoms with van der Waals surface area (Å²) in [7, 11) is 0. The number of carbonyl (C=O) groups is 1. The fourth-order valence-corrected chi connectivity index (χ4v) is 3.62. The molecule has 0 aromatic heterocycles. The third kappa shape index (κ3) is 3.81. The van der Waals surface area contributed by atoms with Gasteiger partial charge >= 0.3 is 5.97 Å². The van der Waals surface area contributed by atoms with E-state index < -0.39 is 12.0 Å². The van der Waals surface area contributed by atoms with Gasteiger partial charge in [-0.1, -0.05) is 17.7 Å². The lowest BCUT2D eigenvalue weighted by atomic mass is 10.1. The van der Waals surface area contributed by atoms with Gasteiger partial charge in [-0.2, -0.15) is 11.8 Å². The maximum Gasteiger partial charge on any atom is 0.321 e. The molecular formula is C13H17NO3S2. The molecule has 1 aliphatic rings. The van der Waals surface area contributed by atoms with Gasteiger partial charge in [-0.05, 0) is 6.92 Å². The molecule has 2 rings (SSSR count). The predicted octanol–water partition coefficient (Wildman–Crippen LogP) is 2.22. The van der Waals surface area contributed by atoms with E-state index in [-0.39, 0.29) is 0 Å². The van der Waals surface area contributed by atoms with E-state index in [9.17, 15) is 4.79 Å². The second-order valence-electron chi connectivity index (χ2n) is 4.48. The number of fused-ring (bicyclic) bond motifs is 1. The zero-order chi connectivity index (χ0) is 13.8. The number of nitrogens with two attached hydrogens (primary N) is 1. The molecule has 1 aliphatic heterocycles. The number of rotatable bonds is 5. The predicted molar refractivity (Wildman–Crippen MR) is 79.7 cm³/mol. The molecule has 0 radical (unpaired) electrons. The first-order valence-electron chi connectivity index (χ1n) is 5.97. The molecule has 1 atom stereocenters. The van der Waals surface area contributed by atoms with E-state index in [1.807, 2.05) is 0 Å². The highest BCUT2D eigenvalue weighted by Gasteiger charge is 2.17. The third-order valence-electron chi connectivity index (χ3n) is 2.80. The van der Waals surface area contributed by atoms with Crippen molar-refractivity contribution in [2.24, 2.45) is 5.73 Å². The minimum Gasteiger partial charge on any atom is -0.482 e. The SMILES string of the molecule is Cc1cc2c(c(CSCC(N)C(=O)O)c1)OCSC2. The van der Waals surface area contributed by atoms with Crippen LogP contribution in [0.25, 0.3) is 0 Å². The van der Waals surface area contributed by atoms with Gasteiger partial charge in [0.2, 0.25) is 0 Å². The number of carboxylic acids is 1. The first kappa shape index (κ1) is 14.6. The van der Waals surface area contributed by atoms with Crippen molar-refractivity contribution in [3.05, 3.63) is 28.8 Å². The smallest absolute Gasteiger partial charge is 0.321 e. The number of hydrogen-bond acceptors (Lipinski definition) is 5. The van der Waals surface area contributed by atoms with Gasteiger partial charge in [-0.3, -0.25) is 4.79 Å². The van der Waals surface area contributed by atoms with Gasteiger partial charge in [-0.15, -0.1) is 11.8 Å². The summed E-state index contributed by atoms with van der Waals surface area (Å²) in [5.74, 6) is 2.82. The number of benzene rings is 1. The number of hydrogen-bond donors (Lipinski definition) is 2. The van der Waals surface area contributed by atoms with Crippen LogP contribution in [0, 0.1) is 6.92 Å². The van der Waals surface area contributed by atoms with Crippen LogP contribution < -0.4 is 10.5 Å². The standard InChI is InChI=1S/C13H17NO3S2/c1-8-2-9(4-18-6-11(14)13(15)16)12-10(3-8)5-19-7-17-12/h2-3,11H,4-7,14H2,1H3,(H,15,16). The lowest BCUT2D eigenvalue weighted by Gasteiger charge is -2.21. The lowest BCUT2D eigenvalue weighted by Crippen LogP contribution is -2.32. The average Bonchev–Trinajstić information content (AvgIpc) is 2.38. The monoisotopic (exact) mass is 299 g/mol. The van der Waals surface area contributed by atoms with Gasteiger partial charge in [-0.25, -0.2) is 0 Å². The van der Waals surface area contributed by atoms with Crippen LogP contribution in [0.4, 0.5) is 0 Å². The molecule has 19 heavy (non-hydrogen) atoms. The van der Waals surface area contributed by atoms with E-state index in [0.29, 0.717) is 11.7 Å². The molecule has 6 heteroatoms. The molecule has 3 N–H and O–H groups in total. The Balaban J connectivity index is 2.03. The molecule has 0 bridgehead atoms. The first-order valence-corrected chi connectivity index (χ1v) is 8.28. The Morgan fingerprint density at radius 3 is 3.16 bits per heavy atom. The molecule has 1 heterocycles. The van der Waals surface area contributed by atoms with Crippen molar-refractivity contribution in [3.8, 4) is 5.75 Å². The summed E-state index contributed by atoms with van der Waals surface area (Å²) in [6.45, 7) is 2.07. The van der Waals surface area contributed by atoms with Crippen LogP contribution in [-0.4, -0.2) is 28.8 Å². The Hall–Kier alpha value is -0.850. The number of thioether (sulfide) groups is 2. The molecular weight excluding hydrogens is 282 g/mol. The molecule has 4 nitrogen and oxygen atoms in total. The summed E-state index contributed by atoms with van der Waals surface area (Å²) in [4.78, 5) is 10.7. The maximum absolute atomic E-state index is 10.7. The number of aryl methyl sites for hydroxylation is 1. The fraction of sp³-hybridized carbons (Fsp3) is 0.462. The van der Waals surface area contributed by atoms with Crippen LogP contribution in [0.15, 0.2) is 12.1 Å². The normalized spacial score (nSPS) is 15.5. The Morgan fingerprint density at radius 2 is 2.42 bits per heavy atom. The van der Waals surface area contributed by atoms with Crippen molar-refractivity contribution in [1.82, 2.24) is 0 Å². The van der Waals surface area contributed by atoms with Gasteiger partial charge in [0.25, 0.3) is 0 Å². The molecule has 0 spiro atoms. The van der Waals surface area contributed by atoms with Gasteiger partial charge in [0.05, 0.1) is 0 Å². The highest BCUT2D eigenvalue weighted by Crippen LogP contribution is 2.35. The maximum atomic E-state index is 10.7. The molecule has 0 fully saturated rings. The number of carboxylic acid groups (broad SMARTS) is 1. The third-order valence-corrected chi connectivity index (χ3v) is 4.71. The summed E-state index contributed by atoms with van der Waals surface area (Å²) in [5, 5.41) is 8.75. The van der Waals surface area contributed by atoms with Crippen molar-refractivity contribution < 1.29 is 14.6 Å². The largest absolute Gasteiger partial charge is 0.482 e. The Bertz CT molecular complexity index is 479. The van der Waals surface area contributed by atoms with E-state index in [0.717, 1.165) is 22.8 Å². The van der Waals surface area contributed by atoms with E-state index in [2.05, 4.69) is 19.1 Å². The molecule has 1 unspecified atom stereocenters. The van der Waals surface area contributed by atoms with Crippen molar-refractivity contribution in [1.29, 1.82) is 0 Å². The fourth-order valence-electron chi connectivity index (χ4n) is 1.95. The first-order chi connectivity index (χ1) is 9.08. The Labute approximate surface area is 121 Å². The van der Waals surface area contributed by atoms with E-state index in [4.69, 9.17) is 15.6 Å². The lowest BCUT2D eigenvalue weighted by molar-refractivity contribution is -0.137. The summed E-state index contributed by atoms with van der Waals surface area (Å²) >= 11 is 3.29. The van der Waals surface area contributed by atoms with Crippen molar-refractivity contribution in [2.75, 3.05) is 11.7 Å². The molecule has 0 amide bonds. The quantitative estimate of drug-likeness (QED) is 0.868. The van der Waals surface area contributed by atoms with Crippen molar-refractivity contribution >= 4 is 29.5 Å². The second-order valence-corrected chi connectivity index (χ2v) is 6.45. The van der Waals surface area contributed by atoms with Crippen LogP contribution >= 0.6 is 23.5 Å². The van der Waals surface area contributed by atoms with Crippen LogP contribution in [0.2, 0.25) is 0 Å². The van der Waals surface area contributed by atoms with Gasteiger partial charge in [0.15, 0.2) is 0 Å². The molecule has 104 valence electrons. The van der Waals surface area contributed by atoms with Crippen LogP contribution in [0.3, 0.4) is 0 Å². The van der Waals surface area contributed by atoms with Gasteiger partial charge < -0.3 is 15.6 Å². The summed E-state index contributed by atoms with van der Waals surface area (Å²) in [6.07, 6.45) is 0. The Morgan fingerprint density at radius 1 is 1.63 bits per heavy atom. The minimum absolute atomic E-state index is 0.410. The van der Waals surface area contributed by atoms with E-state index in [1.165, 1.54) is 22.9 Å². The van der Waals surface area contributed by atoms with Crippen molar-refractivity contribution in [2.45, 2.75) is 24.5 Å². The summed E-state index contributed by atoms with van der Waals surface area (Å²) in [5.41, 5.74) is 9.07. The summed E-state index contributed by atoms with van der Waals surface area (Å²) in [6, 6.07) is 3.45. The molecule has 1 aromatic carbocycles. The van der Waals surface area contributed by atoms with Gasteiger partial charge in [0, 0.05) is 28.4 Å². The number of aliphatic carboxylic acids is 1.